The Bertz CT molecular complexity index is 316. The molecular formula is C17H34N2S. The number of thioether (sulfide) groups is 1. The smallest absolute Gasteiger partial charge is 0.0330 e. The first-order valence-corrected chi connectivity index (χ1v) is 9.47. The molecule has 3 atom stereocenters. The minimum atomic E-state index is 0.393. The highest BCUT2D eigenvalue weighted by molar-refractivity contribution is 7.99. The van der Waals surface area contributed by atoms with Gasteiger partial charge in [0.25, 0.3) is 0 Å². The van der Waals surface area contributed by atoms with Gasteiger partial charge in [-0.15, -0.1) is 0 Å². The third-order valence-corrected chi connectivity index (χ3v) is 6.97. The van der Waals surface area contributed by atoms with Gasteiger partial charge in [-0.1, -0.05) is 33.6 Å². The molecule has 0 aromatic heterocycles. The van der Waals surface area contributed by atoms with Crippen LogP contribution in [0.2, 0.25) is 0 Å². The lowest BCUT2D eigenvalue weighted by molar-refractivity contribution is 0.0712. The predicted molar refractivity (Wildman–Crippen MR) is 91.6 cm³/mol. The van der Waals surface area contributed by atoms with Crippen LogP contribution in [-0.2, 0) is 0 Å². The van der Waals surface area contributed by atoms with Crippen molar-refractivity contribution in [1.82, 2.24) is 10.2 Å². The van der Waals surface area contributed by atoms with Gasteiger partial charge in [0.1, 0.15) is 0 Å². The largest absolute Gasteiger partial charge is 0.311 e. The van der Waals surface area contributed by atoms with Gasteiger partial charge in [0.05, 0.1) is 0 Å². The fraction of sp³-hybridized carbons (Fsp3) is 1.00. The fourth-order valence-electron chi connectivity index (χ4n) is 4.08. The van der Waals surface area contributed by atoms with Gasteiger partial charge < -0.3 is 10.2 Å². The van der Waals surface area contributed by atoms with E-state index in [1.807, 2.05) is 0 Å². The maximum Gasteiger partial charge on any atom is 0.0330 e. The number of likely N-dealkylation sites (N-methyl/N-ethyl adjacent to an activating group) is 1. The number of hydrogen-bond acceptors (Lipinski definition) is 3. The summed E-state index contributed by atoms with van der Waals surface area (Å²) in [4.78, 5) is 2.50. The van der Waals surface area contributed by atoms with Crippen LogP contribution in [0.4, 0.5) is 0 Å². The van der Waals surface area contributed by atoms with E-state index in [-0.39, 0.29) is 0 Å². The molecule has 1 heterocycles. The molecule has 118 valence electrons. The van der Waals surface area contributed by atoms with Crippen molar-refractivity contribution in [3.05, 3.63) is 0 Å². The molecule has 2 aliphatic rings. The second-order valence-electron chi connectivity index (χ2n) is 8.28. The average molecular weight is 299 g/mol. The number of nitrogens with one attached hydrogen (secondary N) is 1. The minimum absolute atomic E-state index is 0.393. The van der Waals surface area contributed by atoms with E-state index in [1.54, 1.807) is 0 Å². The molecule has 2 fully saturated rings. The molecule has 0 aromatic carbocycles. The van der Waals surface area contributed by atoms with Crippen molar-refractivity contribution >= 4 is 11.8 Å². The molecule has 2 nitrogen and oxygen atoms in total. The van der Waals surface area contributed by atoms with E-state index in [2.05, 4.69) is 56.8 Å². The van der Waals surface area contributed by atoms with Crippen molar-refractivity contribution in [2.24, 2.45) is 11.3 Å². The summed E-state index contributed by atoms with van der Waals surface area (Å²) in [6.45, 7) is 8.43. The standard InChI is InChI=1S/C17H34N2S/c1-14-7-6-8-17(9-14,19(4)5)12-18-15-10-16(2,3)13-20-11-15/h14-15,18H,6-13H2,1-5H3. The lowest BCUT2D eigenvalue weighted by Crippen LogP contribution is -2.56. The second kappa shape index (κ2) is 6.58. The molecule has 20 heavy (non-hydrogen) atoms. The molecule has 1 saturated carbocycles. The molecule has 0 bridgehead atoms. The van der Waals surface area contributed by atoms with Crippen molar-refractivity contribution in [2.75, 3.05) is 32.1 Å². The molecule has 0 radical (unpaired) electrons. The van der Waals surface area contributed by atoms with Gasteiger partial charge in [0.15, 0.2) is 0 Å². The average Bonchev–Trinajstić information content (AvgIpc) is 2.35. The highest BCUT2D eigenvalue weighted by atomic mass is 32.2. The normalized spacial score (nSPS) is 38.1. The highest BCUT2D eigenvalue weighted by Gasteiger charge is 2.38. The van der Waals surface area contributed by atoms with Crippen molar-refractivity contribution in [3.8, 4) is 0 Å². The fourth-order valence-corrected chi connectivity index (χ4v) is 5.39. The lowest BCUT2D eigenvalue weighted by atomic mass is 9.75. The Morgan fingerprint density at radius 1 is 1.25 bits per heavy atom. The van der Waals surface area contributed by atoms with Crippen LogP contribution >= 0.6 is 11.8 Å². The van der Waals surface area contributed by atoms with Crippen molar-refractivity contribution < 1.29 is 0 Å². The monoisotopic (exact) mass is 298 g/mol. The van der Waals surface area contributed by atoms with Gasteiger partial charge in [0, 0.05) is 23.9 Å². The number of hydrogen-bond donors (Lipinski definition) is 1. The minimum Gasteiger partial charge on any atom is -0.311 e. The van der Waals surface area contributed by atoms with Crippen LogP contribution in [0.3, 0.4) is 0 Å². The second-order valence-corrected chi connectivity index (χ2v) is 9.31. The Labute approximate surface area is 130 Å². The van der Waals surface area contributed by atoms with E-state index in [9.17, 15) is 0 Å². The Hall–Kier alpha value is 0.270. The van der Waals surface area contributed by atoms with Crippen LogP contribution in [0.15, 0.2) is 0 Å². The molecule has 1 aliphatic heterocycles. The van der Waals surface area contributed by atoms with Gasteiger partial charge in [0.2, 0.25) is 0 Å². The Morgan fingerprint density at radius 2 is 2.00 bits per heavy atom. The third kappa shape index (κ3) is 4.14. The maximum absolute atomic E-state index is 3.93. The number of rotatable bonds is 4. The Balaban J connectivity index is 1.92. The lowest BCUT2D eigenvalue weighted by Gasteiger charge is -2.47. The Morgan fingerprint density at radius 3 is 2.60 bits per heavy atom. The molecule has 2 rings (SSSR count). The van der Waals surface area contributed by atoms with Crippen LogP contribution in [0.1, 0.15) is 52.9 Å². The molecule has 3 heteroatoms. The summed E-state index contributed by atoms with van der Waals surface area (Å²) in [5, 5.41) is 3.93. The first-order valence-electron chi connectivity index (χ1n) is 8.32. The van der Waals surface area contributed by atoms with E-state index >= 15 is 0 Å². The molecular weight excluding hydrogens is 264 g/mol. The van der Waals surface area contributed by atoms with E-state index in [4.69, 9.17) is 0 Å². The van der Waals surface area contributed by atoms with Crippen LogP contribution in [0.5, 0.6) is 0 Å². The number of nitrogens with zero attached hydrogens (tertiary/aromatic N) is 1. The molecule has 3 unspecified atom stereocenters. The SMILES string of the molecule is CC1CCCC(CNC2CSCC(C)(C)C2)(N(C)C)C1. The summed E-state index contributed by atoms with van der Waals surface area (Å²) in [6.07, 6.45) is 6.86. The topological polar surface area (TPSA) is 15.3 Å². The van der Waals surface area contributed by atoms with Crippen LogP contribution in [0, 0.1) is 11.3 Å². The van der Waals surface area contributed by atoms with Gasteiger partial charge in [-0.05, 0) is 50.4 Å². The van der Waals surface area contributed by atoms with Crippen molar-refractivity contribution in [1.29, 1.82) is 0 Å². The molecule has 0 amide bonds. The van der Waals surface area contributed by atoms with Crippen molar-refractivity contribution in [3.63, 3.8) is 0 Å². The molecule has 1 aliphatic carbocycles. The van der Waals surface area contributed by atoms with Crippen LogP contribution in [-0.4, -0.2) is 48.6 Å². The summed E-state index contributed by atoms with van der Waals surface area (Å²) in [7, 11) is 4.55. The predicted octanol–water partition coefficient (Wildman–Crippen LogP) is 3.62. The summed E-state index contributed by atoms with van der Waals surface area (Å²) in [5.74, 6) is 3.49. The van der Waals surface area contributed by atoms with Gasteiger partial charge in [-0.3, -0.25) is 0 Å². The van der Waals surface area contributed by atoms with E-state index in [1.165, 1.54) is 50.2 Å². The first kappa shape index (κ1) is 16.6. The van der Waals surface area contributed by atoms with Crippen LogP contribution < -0.4 is 5.32 Å². The zero-order valence-electron chi connectivity index (χ0n) is 14.2. The maximum atomic E-state index is 3.93. The molecule has 1 saturated heterocycles. The van der Waals surface area contributed by atoms with Crippen molar-refractivity contribution in [2.45, 2.75) is 64.5 Å². The van der Waals surface area contributed by atoms with Gasteiger partial charge in [-0.2, -0.15) is 11.8 Å². The van der Waals surface area contributed by atoms with E-state index in [0.29, 0.717) is 17.0 Å². The summed E-state index contributed by atoms with van der Waals surface area (Å²) in [5.41, 5.74) is 0.898. The van der Waals surface area contributed by atoms with Crippen LogP contribution in [0.25, 0.3) is 0 Å². The molecule has 1 N–H and O–H groups in total. The van der Waals surface area contributed by atoms with Gasteiger partial charge >= 0.3 is 0 Å². The first-order chi connectivity index (χ1) is 9.33. The summed E-state index contributed by atoms with van der Waals surface area (Å²) >= 11 is 2.13. The zero-order valence-corrected chi connectivity index (χ0v) is 15.0. The molecule has 0 spiro atoms. The quantitative estimate of drug-likeness (QED) is 0.853. The summed E-state index contributed by atoms with van der Waals surface area (Å²) in [6, 6.07) is 0.706. The molecule has 0 aromatic rings. The van der Waals surface area contributed by atoms with Gasteiger partial charge in [-0.25, -0.2) is 0 Å². The van der Waals surface area contributed by atoms with E-state index < -0.39 is 0 Å². The third-order valence-electron chi connectivity index (χ3n) is 5.35. The zero-order chi connectivity index (χ0) is 14.8. The Kier molecular flexibility index (Phi) is 5.47. The summed E-state index contributed by atoms with van der Waals surface area (Å²) < 4.78 is 0. The highest BCUT2D eigenvalue weighted by Crippen LogP contribution is 2.37. The van der Waals surface area contributed by atoms with E-state index in [0.717, 1.165) is 5.92 Å².